The van der Waals surface area contributed by atoms with Gasteiger partial charge < -0.3 is 10.5 Å². The molecule has 0 aromatic heterocycles. The van der Waals surface area contributed by atoms with E-state index in [-0.39, 0.29) is 23.4 Å². The van der Waals surface area contributed by atoms with E-state index in [2.05, 4.69) is 22.0 Å². The molecule has 3 aromatic carbocycles. The van der Waals surface area contributed by atoms with E-state index in [1.54, 1.807) is 18.2 Å². The topological polar surface area (TPSA) is 82.8 Å². The molecular formula is C22H11BrF3N3O. The van der Waals surface area contributed by atoms with Crippen LogP contribution < -0.4 is 10.5 Å². The first-order valence-electron chi connectivity index (χ1n) is 8.65. The lowest BCUT2D eigenvalue weighted by Crippen LogP contribution is -2.13. The normalized spacial score (nSPS) is 12.2. The van der Waals surface area contributed by atoms with Crippen molar-refractivity contribution in [2.45, 2.75) is 12.8 Å². The first-order valence-corrected chi connectivity index (χ1v) is 9.44. The van der Waals surface area contributed by atoms with E-state index in [0.29, 0.717) is 33.6 Å². The van der Waals surface area contributed by atoms with E-state index >= 15 is 0 Å². The van der Waals surface area contributed by atoms with Crippen LogP contribution in [0, 0.1) is 22.7 Å². The molecule has 0 saturated heterocycles. The number of nitrogens with zero attached hydrogens (tertiary/aromatic N) is 2. The molecule has 0 spiro atoms. The maximum absolute atomic E-state index is 13.0. The van der Waals surface area contributed by atoms with Crippen LogP contribution in [0.4, 0.5) is 18.9 Å². The number of anilines is 1. The fraction of sp³-hybridized carbons (Fsp3) is 0.0909. The number of alkyl halides is 3. The number of hydrogen-bond acceptors (Lipinski definition) is 4. The molecule has 0 atom stereocenters. The van der Waals surface area contributed by atoms with Crippen molar-refractivity contribution in [2.24, 2.45) is 0 Å². The van der Waals surface area contributed by atoms with Crippen molar-refractivity contribution in [3.05, 3.63) is 69.2 Å². The molecule has 0 unspecified atom stereocenters. The average Bonchev–Trinajstić information content (AvgIpc) is 2.72. The van der Waals surface area contributed by atoms with Crippen LogP contribution in [0.5, 0.6) is 5.75 Å². The fourth-order valence-corrected chi connectivity index (χ4v) is 3.97. The van der Waals surface area contributed by atoms with E-state index in [1.807, 2.05) is 6.07 Å². The van der Waals surface area contributed by atoms with Gasteiger partial charge in [-0.3, -0.25) is 0 Å². The molecule has 8 heteroatoms. The summed E-state index contributed by atoms with van der Waals surface area (Å²) >= 11 is 3.40. The molecule has 1 aliphatic heterocycles. The van der Waals surface area contributed by atoms with Gasteiger partial charge in [0, 0.05) is 26.7 Å². The van der Waals surface area contributed by atoms with Gasteiger partial charge in [0.1, 0.15) is 24.5 Å². The summed E-state index contributed by atoms with van der Waals surface area (Å²) < 4.78 is 45.5. The first kappa shape index (κ1) is 19.8. The summed E-state index contributed by atoms with van der Waals surface area (Å²) in [5, 5.41) is 19.5. The second-order valence-corrected chi connectivity index (χ2v) is 7.54. The van der Waals surface area contributed by atoms with Gasteiger partial charge in [-0.1, -0.05) is 28.1 Å². The number of nitrogens with two attached hydrogens (primary N) is 1. The Bertz CT molecular complexity index is 1270. The largest absolute Gasteiger partial charge is 0.488 e. The summed E-state index contributed by atoms with van der Waals surface area (Å²) in [6.45, 7) is 0.0456. The van der Waals surface area contributed by atoms with Gasteiger partial charge in [-0.05, 0) is 35.9 Å². The van der Waals surface area contributed by atoms with E-state index in [0.717, 1.165) is 16.6 Å². The van der Waals surface area contributed by atoms with Crippen LogP contribution in [0.2, 0.25) is 0 Å². The van der Waals surface area contributed by atoms with Gasteiger partial charge >= 0.3 is 6.18 Å². The highest BCUT2D eigenvalue weighted by atomic mass is 79.9. The number of fused-ring (bicyclic) bond motifs is 3. The molecule has 0 saturated carbocycles. The lowest BCUT2D eigenvalue weighted by atomic mass is 9.83. The van der Waals surface area contributed by atoms with Gasteiger partial charge in [0.15, 0.2) is 0 Å². The molecular weight excluding hydrogens is 459 g/mol. The Labute approximate surface area is 178 Å². The SMILES string of the molecule is N#Cc1c(N)c(C#N)c2c(c1-c1ccc(C(F)(F)F)cc1)COc1ccc(Br)cc1-2. The minimum Gasteiger partial charge on any atom is -0.488 e. The average molecular weight is 470 g/mol. The van der Waals surface area contributed by atoms with Crippen LogP contribution in [0.25, 0.3) is 22.3 Å². The van der Waals surface area contributed by atoms with Crippen molar-refractivity contribution in [1.82, 2.24) is 0 Å². The van der Waals surface area contributed by atoms with Crippen molar-refractivity contribution in [1.29, 1.82) is 10.5 Å². The minimum atomic E-state index is -4.48. The molecule has 1 aliphatic rings. The Morgan fingerprint density at radius 1 is 0.967 bits per heavy atom. The van der Waals surface area contributed by atoms with Crippen LogP contribution in [-0.4, -0.2) is 0 Å². The molecule has 0 fully saturated rings. The zero-order valence-corrected chi connectivity index (χ0v) is 16.7. The Kier molecular flexibility index (Phi) is 4.68. The lowest BCUT2D eigenvalue weighted by Gasteiger charge is -2.26. The predicted molar refractivity (Wildman–Crippen MR) is 108 cm³/mol. The number of halogens is 4. The number of nitriles is 2. The second-order valence-electron chi connectivity index (χ2n) is 6.62. The van der Waals surface area contributed by atoms with E-state index < -0.39 is 11.7 Å². The molecule has 0 aliphatic carbocycles. The standard InChI is InChI=1S/C22H11BrF3N3O/c23-13-5-6-18-14(7-13)20-16(9-28)21(29)15(8-27)19(17(20)10-30-18)11-1-3-12(4-2-11)22(24,25)26/h1-7H,10,29H2. The van der Waals surface area contributed by atoms with Crippen LogP contribution >= 0.6 is 15.9 Å². The van der Waals surface area contributed by atoms with Crippen LogP contribution in [0.15, 0.2) is 46.9 Å². The summed E-state index contributed by atoms with van der Waals surface area (Å²) in [7, 11) is 0. The summed E-state index contributed by atoms with van der Waals surface area (Å²) in [6, 6.07) is 13.9. The lowest BCUT2D eigenvalue weighted by molar-refractivity contribution is -0.137. The fourth-order valence-electron chi connectivity index (χ4n) is 3.61. The molecule has 4 rings (SSSR count). The Morgan fingerprint density at radius 3 is 2.20 bits per heavy atom. The number of rotatable bonds is 1. The van der Waals surface area contributed by atoms with Gasteiger partial charge in [0.05, 0.1) is 22.4 Å². The van der Waals surface area contributed by atoms with Gasteiger partial charge in [-0.2, -0.15) is 23.7 Å². The first-order chi connectivity index (χ1) is 14.3. The van der Waals surface area contributed by atoms with E-state index in [9.17, 15) is 23.7 Å². The molecule has 4 nitrogen and oxygen atoms in total. The van der Waals surface area contributed by atoms with Crippen molar-refractivity contribution < 1.29 is 17.9 Å². The zero-order valence-electron chi connectivity index (χ0n) is 15.1. The molecule has 0 amide bonds. The van der Waals surface area contributed by atoms with Crippen molar-refractivity contribution >= 4 is 21.6 Å². The maximum Gasteiger partial charge on any atom is 0.416 e. The molecule has 2 N–H and O–H groups in total. The van der Waals surface area contributed by atoms with Crippen molar-refractivity contribution in [3.63, 3.8) is 0 Å². The Morgan fingerprint density at radius 2 is 1.60 bits per heavy atom. The van der Waals surface area contributed by atoms with E-state index in [1.165, 1.54) is 12.1 Å². The number of nitrogen functional groups attached to an aromatic ring is 1. The van der Waals surface area contributed by atoms with Gasteiger partial charge in [-0.25, -0.2) is 0 Å². The maximum atomic E-state index is 13.0. The third-order valence-corrected chi connectivity index (χ3v) is 5.44. The summed E-state index contributed by atoms with van der Waals surface area (Å²) in [6.07, 6.45) is -4.48. The molecule has 1 heterocycles. The molecule has 0 radical (unpaired) electrons. The van der Waals surface area contributed by atoms with E-state index in [4.69, 9.17) is 10.5 Å². The third kappa shape index (κ3) is 3.06. The summed E-state index contributed by atoms with van der Waals surface area (Å²) in [5.41, 5.74) is 7.96. The minimum absolute atomic E-state index is 0.0125. The van der Waals surface area contributed by atoms with Gasteiger partial charge in [0.25, 0.3) is 0 Å². The van der Waals surface area contributed by atoms with Gasteiger partial charge in [-0.15, -0.1) is 0 Å². The molecule has 148 valence electrons. The smallest absolute Gasteiger partial charge is 0.416 e. The van der Waals surface area contributed by atoms with Gasteiger partial charge in [0.2, 0.25) is 0 Å². The molecule has 3 aromatic rings. The number of hydrogen-bond donors (Lipinski definition) is 1. The second kappa shape index (κ2) is 7.08. The highest BCUT2D eigenvalue weighted by molar-refractivity contribution is 9.10. The highest BCUT2D eigenvalue weighted by Crippen LogP contribution is 2.48. The highest BCUT2D eigenvalue weighted by Gasteiger charge is 2.32. The van der Waals surface area contributed by atoms with Crippen LogP contribution in [0.3, 0.4) is 0 Å². The molecule has 30 heavy (non-hydrogen) atoms. The number of benzene rings is 3. The quantitative estimate of drug-likeness (QED) is 0.441. The van der Waals surface area contributed by atoms with Crippen molar-refractivity contribution in [2.75, 3.05) is 5.73 Å². The third-order valence-electron chi connectivity index (χ3n) is 4.95. The summed E-state index contributed by atoms with van der Waals surface area (Å²) in [4.78, 5) is 0. The predicted octanol–water partition coefficient (Wildman–Crippen LogP) is 6.02. The summed E-state index contributed by atoms with van der Waals surface area (Å²) in [5.74, 6) is 0.546. The Balaban J connectivity index is 2.07. The monoisotopic (exact) mass is 469 g/mol. The molecule has 0 bridgehead atoms. The van der Waals surface area contributed by atoms with Crippen molar-refractivity contribution in [3.8, 4) is 40.1 Å². The Hall–Kier alpha value is -3.49. The van der Waals surface area contributed by atoms with Crippen LogP contribution in [-0.2, 0) is 12.8 Å². The van der Waals surface area contributed by atoms with Crippen LogP contribution in [0.1, 0.15) is 22.3 Å². The zero-order chi connectivity index (χ0) is 21.6. The number of ether oxygens (including phenoxy) is 1.